The van der Waals surface area contributed by atoms with Crippen LogP contribution in [-0.4, -0.2) is 7.05 Å². The molecule has 0 aliphatic carbocycles. The van der Waals surface area contributed by atoms with Crippen molar-refractivity contribution in [2.45, 2.75) is 0 Å². The third-order valence-corrected chi connectivity index (χ3v) is 1.37. The second-order valence-corrected chi connectivity index (χ2v) is 2.32. The zero-order chi connectivity index (χ0) is 7.40. The molecule has 1 rings (SSSR count). The van der Waals surface area contributed by atoms with Gasteiger partial charge in [-0.25, -0.2) is 5.43 Å². The van der Waals surface area contributed by atoms with Crippen molar-refractivity contribution in [2.24, 2.45) is 0 Å². The van der Waals surface area contributed by atoms with Gasteiger partial charge in [-0.3, -0.25) is 0 Å². The number of nitrogens with one attached hydrogen (secondary N) is 2. The van der Waals surface area contributed by atoms with Gasteiger partial charge in [0.15, 0.2) is 0 Å². The number of hydrazine groups is 1. The molecule has 0 spiro atoms. The third-order valence-electron chi connectivity index (χ3n) is 1.11. The summed E-state index contributed by atoms with van der Waals surface area (Å²) in [6, 6.07) is 7.47. The molecule has 11 heavy (non-hydrogen) atoms. The molecule has 0 unspecified atom stereocenters. The van der Waals surface area contributed by atoms with E-state index in [4.69, 9.17) is 11.6 Å². The normalized spacial score (nSPS) is 8.55. The van der Waals surface area contributed by atoms with Crippen LogP contribution in [0.1, 0.15) is 0 Å². The van der Waals surface area contributed by atoms with E-state index in [0.29, 0.717) is 0 Å². The third kappa shape index (κ3) is 3.46. The number of benzene rings is 1. The average molecular weight is 193 g/mol. The molecule has 1 aromatic rings. The lowest BCUT2D eigenvalue weighted by Crippen LogP contribution is -2.14. The SMILES string of the molecule is CNNc1ccc(Cl)cc1.Cl. The molecular weight excluding hydrogens is 183 g/mol. The number of hydrogen-bond acceptors (Lipinski definition) is 2. The predicted molar refractivity (Wildman–Crippen MR) is 51.4 cm³/mol. The molecular formula is C7H10Cl2N2. The lowest BCUT2D eigenvalue weighted by Gasteiger charge is -2.01. The highest BCUT2D eigenvalue weighted by Gasteiger charge is 1.87. The Kier molecular flexibility index (Phi) is 5.03. The summed E-state index contributed by atoms with van der Waals surface area (Å²) in [4.78, 5) is 0. The Morgan fingerprint density at radius 1 is 1.18 bits per heavy atom. The van der Waals surface area contributed by atoms with Crippen LogP contribution in [0, 0.1) is 0 Å². The van der Waals surface area contributed by atoms with Crippen LogP contribution < -0.4 is 10.9 Å². The van der Waals surface area contributed by atoms with Crippen LogP contribution >= 0.6 is 24.0 Å². The number of rotatable bonds is 2. The topological polar surface area (TPSA) is 24.1 Å². The van der Waals surface area contributed by atoms with Crippen LogP contribution in [-0.2, 0) is 0 Å². The highest BCUT2D eigenvalue weighted by molar-refractivity contribution is 6.30. The maximum Gasteiger partial charge on any atom is 0.0488 e. The summed E-state index contributed by atoms with van der Waals surface area (Å²) in [5.41, 5.74) is 6.74. The molecule has 4 heteroatoms. The molecule has 0 bridgehead atoms. The monoisotopic (exact) mass is 192 g/mol. The van der Waals surface area contributed by atoms with Crippen LogP contribution in [0.5, 0.6) is 0 Å². The van der Waals surface area contributed by atoms with Gasteiger partial charge in [0, 0.05) is 17.8 Å². The minimum Gasteiger partial charge on any atom is -0.322 e. The van der Waals surface area contributed by atoms with E-state index in [1.807, 2.05) is 31.3 Å². The molecule has 0 radical (unpaired) electrons. The molecule has 0 aliphatic rings. The quantitative estimate of drug-likeness (QED) is 0.704. The second-order valence-electron chi connectivity index (χ2n) is 1.88. The number of hydrogen-bond donors (Lipinski definition) is 2. The Morgan fingerprint density at radius 3 is 2.18 bits per heavy atom. The first kappa shape index (κ1) is 10.6. The van der Waals surface area contributed by atoms with E-state index in [9.17, 15) is 0 Å². The summed E-state index contributed by atoms with van der Waals surface area (Å²) < 4.78 is 0. The van der Waals surface area contributed by atoms with Crippen LogP contribution in [0.3, 0.4) is 0 Å². The molecule has 62 valence electrons. The summed E-state index contributed by atoms with van der Waals surface area (Å²) in [5.74, 6) is 0. The molecule has 0 amide bonds. The molecule has 2 nitrogen and oxygen atoms in total. The summed E-state index contributed by atoms with van der Waals surface area (Å²) >= 11 is 5.66. The van der Waals surface area contributed by atoms with Gasteiger partial charge in [0.05, 0.1) is 0 Å². The zero-order valence-corrected chi connectivity index (χ0v) is 7.67. The van der Waals surface area contributed by atoms with E-state index in [2.05, 4.69) is 10.9 Å². The van der Waals surface area contributed by atoms with Crippen molar-refractivity contribution < 1.29 is 0 Å². The Bertz CT molecular complexity index is 198. The van der Waals surface area contributed by atoms with E-state index in [1.165, 1.54) is 0 Å². The molecule has 0 aliphatic heterocycles. The molecule has 2 N–H and O–H groups in total. The van der Waals surface area contributed by atoms with Crippen LogP contribution in [0.2, 0.25) is 5.02 Å². The standard InChI is InChI=1S/C7H9ClN2.ClH/c1-9-10-7-4-2-6(8)3-5-7;/h2-5,9-10H,1H3;1H. The van der Waals surface area contributed by atoms with E-state index in [0.717, 1.165) is 10.7 Å². The Morgan fingerprint density at radius 2 is 1.73 bits per heavy atom. The van der Waals surface area contributed by atoms with E-state index in [-0.39, 0.29) is 12.4 Å². The van der Waals surface area contributed by atoms with E-state index >= 15 is 0 Å². The molecule has 0 saturated heterocycles. The second kappa shape index (κ2) is 5.24. The largest absolute Gasteiger partial charge is 0.322 e. The minimum atomic E-state index is 0. The first-order valence-electron chi connectivity index (χ1n) is 3.01. The van der Waals surface area contributed by atoms with Gasteiger partial charge in [-0.2, -0.15) is 0 Å². The Hall–Kier alpha value is -0.440. The molecule has 0 aromatic heterocycles. The fraction of sp³-hybridized carbons (Fsp3) is 0.143. The van der Waals surface area contributed by atoms with Gasteiger partial charge in [0.25, 0.3) is 0 Å². The molecule has 0 saturated carbocycles. The van der Waals surface area contributed by atoms with Crippen molar-refractivity contribution in [2.75, 3.05) is 12.5 Å². The molecule has 0 heterocycles. The van der Waals surface area contributed by atoms with Crippen LogP contribution in [0.4, 0.5) is 5.69 Å². The molecule has 0 fully saturated rings. The predicted octanol–water partition coefficient (Wildman–Crippen LogP) is 2.31. The zero-order valence-electron chi connectivity index (χ0n) is 6.10. The maximum absolute atomic E-state index is 5.66. The van der Waals surface area contributed by atoms with Gasteiger partial charge < -0.3 is 5.43 Å². The van der Waals surface area contributed by atoms with Gasteiger partial charge in [-0.1, -0.05) is 11.6 Å². The lowest BCUT2D eigenvalue weighted by molar-refractivity contribution is 0.984. The Labute approximate surface area is 77.3 Å². The summed E-state index contributed by atoms with van der Waals surface area (Å²) in [5, 5.41) is 0.752. The van der Waals surface area contributed by atoms with E-state index < -0.39 is 0 Å². The molecule has 1 aromatic carbocycles. The van der Waals surface area contributed by atoms with Crippen molar-refractivity contribution in [3.8, 4) is 0 Å². The van der Waals surface area contributed by atoms with Gasteiger partial charge in [0.1, 0.15) is 0 Å². The van der Waals surface area contributed by atoms with Gasteiger partial charge in [-0.05, 0) is 24.3 Å². The lowest BCUT2D eigenvalue weighted by atomic mass is 10.3. The van der Waals surface area contributed by atoms with Crippen LogP contribution in [0.15, 0.2) is 24.3 Å². The summed E-state index contributed by atoms with van der Waals surface area (Å²) in [6.07, 6.45) is 0. The van der Waals surface area contributed by atoms with Crippen molar-refractivity contribution in [1.82, 2.24) is 5.43 Å². The van der Waals surface area contributed by atoms with Crippen molar-refractivity contribution >= 4 is 29.7 Å². The highest BCUT2D eigenvalue weighted by Crippen LogP contribution is 2.11. The Balaban J connectivity index is 0.000001000. The highest BCUT2D eigenvalue weighted by atomic mass is 35.5. The van der Waals surface area contributed by atoms with Gasteiger partial charge in [0.2, 0.25) is 0 Å². The summed E-state index contributed by atoms with van der Waals surface area (Å²) in [7, 11) is 1.81. The average Bonchev–Trinajstić information content (AvgIpc) is 1.95. The number of halogens is 2. The van der Waals surface area contributed by atoms with Crippen molar-refractivity contribution in [3.05, 3.63) is 29.3 Å². The van der Waals surface area contributed by atoms with Crippen molar-refractivity contribution in [3.63, 3.8) is 0 Å². The first-order chi connectivity index (χ1) is 4.83. The van der Waals surface area contributed by atoms with Crippen molar-refractivity contribution in [1.29, 1.82) is 0 Å². The molecule has 0 atom stereocenters. The smallest absolute Gasteiger partial charge is 0.0488 e. The van der Waals surface area contributed by atoms with Gasteiger partial charge in [-0.15, -0.1) is 12.4 Å². The minimum absolute atomic E-state index is 0. The van der Waals surface area contributed by atoms with Gasteiger partial charge >= 0.3 is 0 Å². The first-order valence-corrected chi connectivity index (χ1v) is 3.39. The maximum atomic E-state index is 5.66. The fourth-order valence-corrected chi connectivity index (χ4v) is 0.804. The summed E-state index contributed by atoms with van der Waals surface area (Å²) in [6.45, 7) is 0. The fourth-order valence-electron chi connectivity index (χ4n) is 0.678. The van der Waals surface area contributed by atoms with Crippen LogP contribution in [0.25, 0.3) is 0 Å². The number of anilines is 1. The van der Waals surface area contributed by atoms with E-state index in [1.54, 1.807) is 0 Å².